The molecule has 0 spiro atoms. The number of nitro benzene ring substituents is 1. The van der Waals surface area contributed by atoms with Crippen LogP contribution in [0.1, 0.15) is 35.4 Å². The topological polar surface area (TPSA) is 115 Å². The summed E-state index contributed by atoms with van der Waals surface area (Å²) in [6, 6.07) is 9.70. The number of nitrogens with one attached hydrogen (secondary N) is 2. The Bertz CT molecular complexity index is 960. The SMILES string of the molecule is CC(Nc1ccc(C(=O)NCCCn2ccnc2)cc1[N+](=O)[O-])c1ccccn1. The van der Waals surface area contributed by atoms with E-state index in [9.17, 15) is 14.9 Å². The maximum absolute atomic E-state index is 12.4. The Morgan fingerprint density at radius 1 is 1.28 bits per heavy atom. The summed E-state index contributed by atoms with van der Waals surface area (Å²) in [5.74, 6) is -0.344. The highest BCUT2D eigenvalue weighted by Crippen LogP contribution is 2.28. The molecule has 0 saturated carbocycles. The summed E-state index contributed by atoms with van der Waals surface area (Å²) < 4.78 is 1.92. The molecule has 1 atom stereocenters. The normalized spacial score (nSPS) is 11.6. The van der Waals surface area contributed by atoms with E-state index in [0.29, 0.717) is 12.2 Å². The smallest absolute Gasteiger partial charge is 0.293 e. The number of carbonyl (C=O) groups is 1. The minimum Gasteiger partial charge on any atom is -0.371 e. The first kappa shape index (κ1) is 20.0. The van der Waals surface area contributed by atoms with E-state index >= 15 is 0 Å². The first-order chi connectivity index (χ1) is 14.0. The van der Waals surface area contributed by atoms with Crippen LogP contribution >= 0.6 is 0 Å². The molecular formula is C20H22N6O3. The highest BCUT2D eigenvalue weighted by atomic mass is 16.6. The first-order valence-electron chi connectivity index (χ1n) is 9.24. The number of anilines is 1. The maximum atomic E-state index is 12.4. The molecule has 9 heteroatoms. The van der Waals surface area contributed by atoms with Crippen molar-refractivity contribution in [2.45, 2.75) is 25.9 Å². The van der Waals surface area contributed by atoms with Crippen LogP contribution in [-0.4, -0.2) is 31.9 Å². The summed E-state index contributed by atoms with van der Waals surface area (Å²) in [5, 5.41) is 17.4. The van der Waals surface area contributed by atoms with Gasteiger partial charge in [-0.2, -0.15) is 0 Å². The van der Waals surface area contributed by atoms with Crippen molar-refractivity contribution in [3.8, 4) is 0 Å². The first-order valence-corrected chi connectivity index (χ1v) is 9.24. The van der Waals surface area contributed by atoms with Gasteiger partial charge in [0.15, 0.2) is 0 Å². The number of imidazole rings is 1. The molecular weight excluding hydrogens is 372 g/mol. The molecule has 0 aliphatic carbocycles. The summed E-state index contributed by atoms with van der Waals surface area (Å²) in [7, 11) is 0. The Morgan fingerprint density at radius 2 is 2.14 bits per heavy atom. The van der Waals surface area contributed by atoms with Crippen LogP contribution in [0.5, 0.6) is 0 Å². The van der Waals surface area contributed by atoms with Crippen molar-refractivity contribution >= 4 is 17.3 Å². The van der Waals surface area contributed by atoms with Crippen LogP contribution in [0.25, 0.3) is 0 Å². The largest absolute Gasteiger partial charge is 0.371 e. The van der Waals surface area contributed by atoms with Crippen LogP contribution in [-0.2, 0) is 6.54 Å². The molecule has 2 aromatic heterocycles. The standard InChI is InChI=1S/C20H22N6O3/c1-15(17-5-2-3-8-22-17)24-18-7-6-16(13-19(18)26(28)29)20(27)23-9-4-11-25-12-10-21-14-25/h2-3,5-8,10,12-15,24H,4,9,11H2,1H3,(H,23,27). The van der Waals surface area contributed by atoms with Crippen molar-refractivity contribution in [1.29, 1.82) is 0 Å². The van der Waals surface area contributed by atoms with Gasteiger partial charge in [-0.3, -0.25) is 19.9 Å². The van der Waals surface area contributed by atoms with Crippen molar-refractivity contribution in [2.75, 3.05) is 11.9 Å². The lowest BCUT2D eigenvalue weighted by molar-refractivity contribution is -0.384. The van der Waals surface area contributed by atoms with Crippen LogP contribution in [0.3, 0.4) is 0 Å². The van der Waals surface area contributed by atoms with Crippen molar-refractivity contribution in [3.63, 3.8) is 0 Å². The van der Waals surface area contributed by atoms with E-state index in [4.69, 9.17) is 0 Å². The summed E-state index contributed by atoms with van der Waals surface area (Å²) in [6.45, 7) is 3.06. The molecule has 1 unspecified atom stereocenters. The number of benzene rings is 1. The second-order valence-corrected chi connectivity index (χ2v) is 6.52. The summed E-state index contributed by atoms with van der Waals surface area (Å²) in [5.41, 5.74) is 1.19. The van der Waals surface area contributed by atoms with E-state index in [2.05, 4.69) is 20.6 Å². The van der Waals surface area contributed by atoms with Gasteiger partial charge in [0.1, 0.15) is 5.69 Å². The van der Waals surface area contributed by atoms with Crippen LogP contribution < -0.4 is 10.6 Å². The molecule has 0 saturated heterocycles. The Kier molecular flexibility index (Phi) is 6.51. The monoisotopic (exact) mass is 394 g/mol. The Hall–Kier alpha value is -3.75. The molecule has 150 valence electrons. The Balaban J connectivity index is 1.63. The lowest BCUT2D eigenvalue weighted by Gasteiger charge is -2.15. The molecule has 3 rings (SSSR count). The number of pyridine rings is 1. The van der Waals surface area contributed by atoms with Crippen LogP contribution in [0.4, 0.5) is 11.4 Å². The number of amides is 1. The van der Waals surface area contributed by atoms with E-state index in [0.717, 1.165) is 18.7 Å². The zero-order valence-corrected chi connectivity index (χ0v) is 16.0. The van der Waals surface area contributed by atoms with Gasteiger partial charge in [-0.25, -0.2) is 4.98 Å². The van der Waals surface area contributed by atoms with Gasteiger partial charge in [0.25, 0.3) is 11.6 Å². The molecule has 2 N–H and O–H groups in total. The minimum atomic E-state index is -0.497. The number of hydrogen-bond acceptors (Lipinski definition) is 6. The number of aryl methyl sites for hydroxylation is 1. The molecule has 0 aliphatic rings. The summed E-state index contributed by atoms with van der Waals surface area (Å²) in [6.07, 6.45) is 7.65. The van der Waals surface area contributed by atoms with Crippen molar-refractivity contribution < 1.29 is 9.72 Å². The van der Waals surface area contributed by atoms with E-state index in [1.165, 1.54) is 6.07 Å². The average molecular weight is 394 g/mol. The molecule has 9 nitrogen and oxygen atoms in total. The predicted molar refractivity (Wildman–Crippen MR) is 109 cm³/mol. The highest BCUT2D eigenvalue weighted by molar-refractivity contribution is 5.95. The number of nitro groups is 1. The van der Waals surface area contributed by atoms with Gasteiger partial charge in [0.05, 0.1) is 23.0 Å². The van der Waals surface area contributed by atoms with Crippen molar-refractivity contribution in [3.05, 3.63) is 82.7 Å². The molecule has 0 fully saturated rings. The second kappa shape index (κ2) is 9.45. The van der Waals surface area contributed by atoms with Gasteiger partial charge >= 0.3 is 0 Å². The molecule has 1 aromatic carbocycles. The molecule has 0 bridgehead atoms. The Morgan fingerprint density at radius 3 is 2.83 bits per heavy atom. The van der Waals surface area contributed by atoms with E-state index in [1.54, 1.807) is 30.9 Å². The highest BCUT2D eigenvalue weighted by Gasteiger charge is 2.19. The van der Waals surface area contributed by atoms with E-state index < -0.39 is 4.92 Å². The fraction of sp³-hybridized carbons (Fsp3) is 0.250. The second-order valence-electron chi connectivity index (χ2n) is 6.52. The zero-order chi connectivity index (χ0) is 20.6. The lowest BCUT2D eigenvalue weighted by atomic mass is 10.1. The number of nitrogens with zero attached hydrogens (tertiary/aromatic N) is 4. The third-order valence-electron chi connectivity index (χ3n) is 4.40. The lowest BCUT2D eigenvalue weighted by Crippen LogP contribution is -2.25. The predicted octanol–water partition coefficient (Wildman–Crippen LogP) is 3.18. The molecule has 29 heavy (non-hydrogen) atoms. The number of hydrogen-bond donors (Lipinski definition) is 2. The molecule has 0 radical (unpaired) electrons. The zero-order valence-electron chi connectivity index (χ0n) is 16.0. The fourth-order valence-electron chi connectivity index (χ4n) is 2.87. The third-order valence-corrected chi connectivity index (χ3v) is 4.40. The van der Waals surface area contributed by atoms with Gasteiger partial charge in [0, 0.05) is 43.3 Å². The molecule has 3 aromatic rings. The average Bonchev–Trinajstić information content (AvgIpc) is 3.25. The number of carbonyl (C=O) groups excluding carboxylic acids is 1. The van der Waals surface area contributed by atoms with Crippen LogP contribution in [0.15, 0.2) is 61.3 Å². The van der Waals surface area contributed by atoms with Crippen LogP contribution in [0, 0.1) is 10.1 Å². The van der Waals surface area contributed by atoms with Gasteiger partial charge in [0.2, 0.25) is 0 Å². The Labute approximate surface area is 168 Å². The summed E-state index contributed by atoms with van der Waals surface area (Å²) in [4.78, 5) is 31.6. The van der Waals surface area contributed by atoms with Crippen molar-refractivity contribution in [2.24, 2.45) is 0 Å². The summed E-state index contributed by atoms with van der Waals surface area (Å²) >= 11 is 0. The number of aromatic nitrogens is 3. The minimum absolute atomic E-state index is 0.154. The number of rotatable bonds is 9. The van der Waals surface area contributed by atoms with Gasteiger partial charge in [-0.1, -0.05) is 6.07 Å². The fourth-order valence-corrected chi connectivity index (χ4v) is 2.87. The van der Waals surface area contributed by atoms with Crippen LogP contribution in [0.2, 0.25) is 0 Å². The molecule has 0 aliphatic heterocycles. The van der Waals surface area contributed by atoms with Crippen molar-refractivity contribution in [1.82, 2.24) is 19.9 Å². The van der Waals surface area contributed by atoms with E-state index in [-0.39, 0.29) is 23.2 Å². The molecule has 2 heterocycles. The maximum Gasteiger partial charge on any atom is 0.293 e. The molecule has 1 amide bonds. The van der Waals surface area contributed by atoms with Gasteiger partial charge in [-0.15, -0.1) is 0 Å². The van der Waals surface area contributed by atoms with Gasteiger partial charge < -0.3 is 15.2 Å². The van der Waals surface area contributed by atoms with Gasteiger partial charge in [-0.05, 0) is 37.6 Å². The quantitative estimate of drug-likeness (QED) is 0.327. The van der Waals surface area contributed by atoms with E-state index in [1.807, 2.05) is 35.9 Å². The third kappa shape index (κ3) is 5.38.